The van der Waals surface area contributed by atoms with Crippen LogP contribution in [0.3, 0.4) is 0 Å². The van der Waals surface area contributed by atoms with Crippen LogP contribution in [0.5, 0.6) is 0 Å². The summed E-state index contributed by atoms with van der Waals surface area (Å²) in [5, 5.41) is 7.80. The second kappa shape index (κ2) is 6.48. The molecule has 2 aliphatic rings. The smallest absolute Gasteiger partial charge is 0.276 e. The molecule has 0 aliphatic carbocycles. The number of aromatic nitrogens is 3. The molecule has 0 aromatic carbocycles. The molecule has 2 fully saturated rings. The van der Waals surface area contributed by atoms with E-state index in [0.29, 0.717) is 26.4 Å². The lowest BCUT2D eigenvalue weighted by Crippen LogP contribution is -2.45. The Morgan fingerprint density at radius 1 is 1.52 bits per heavy atom. The number of amides is 1. The van der Waals surface area contributed by atoms with Crippen molar-refractivity contribution >= 4 is 5.91 Å². The lowest BCUT2D eigenvalue weighted by Gasteiger charge is -2.31. The standard InChI is InChI=1S/C14H20F2N4O3/c1-2-23-12-8-22-7-11(12)20-6-10(17-18-20)13(21)19-5-3-4-14(15,16)9-19/h6,11-12H,2-5,7-9H2,1H3/t11-,12-/m1/s1. The monoisotopic (exact) mass is 330 g/mol. The molecule has 0 bridgehead atoms. The number of piperidine rings is 1. The average molecular weight is 330 g/mol. The van der Waals surface area contributed by atoms with Crippen LogP contribution in [0, 0.1) is 0 Å². The lowest BCUT2D eigenvalue weighted by molar-refractivity contribution is -0.0561. The van der Waals surface area contributed by atoms with Crippen molar-refractivity contribution in [1.29, 1.82) is 0 Å². The van der Waals surface area contributed by atoms with Crippen LogP contribution in [0.2, 0.25) is 0 Å². The summed E-state index contributed by atoms with van der Waals surface area (Å²) in [5.41, 5.74) is 0.0739. The van der Waals surface area contributed by atoms with Crippen LogP contribution in [-0.2, 0) is 9.47 Å². The highest BCUT2D eigenvalue weighted by Crippen LogP contribution is 2.27. The van der Waals surface area contributed by atoms with Gasteiger partial charge in [-0.2, -0.15) is 0 Å². The molecule has 1 aromatic rings. The molecule has 0 saturated carbocycles. The van der Waals surface area contributed by atoms with Gasteiger partial charge in [0.25, 0.3) is 11.8 Å². The van der Waals surface area contributed by atoms with Gasteiger partial charge in [-0.3, -0.25) is 4.79 Å². The molecule has 0 N–H and O–H groups in total. The van der Waals surface area contributed by atoms with Gasteiger partial charge in [0.15, 0.2) is 5.69 Å². The van der Waals surface area contributed by atoms with Crippen molar-refractivity contribution in [1.82, 2.24) is 19.9 Å². The van der Waals surface area contributed by atoms with E-state index in [1.165, 1.54) is 10.9 Å². The van der Waals surface area contributed by atoms with Gasteiger partial charge in [0, 0.05) is 19.6 Å². The van der Waals surface area contributed by atoms with E-state index in [4.69, 9.17) is 9.47 Å². The Labute approximate surface area is 132 Å². The molecule has 9 heteroatoms. The summed E-state index contributed by atoms with van der Waals surface area (Å²) in [6.07, 6.45) is 1.44. The Hall–Kier alpha value is -1.61. The minimum Gasteiger partial charge on any atom is -0.376 e. The predicted molar refractivity (Wildman–Crippen MR) is 75.4 cm³/mol. The summed E-state index contributed by atoms with van der Waals surface area (Å²) >= 11 is 0. The fourth-order valence-corrected chi connectivity index (χ4v) is 2.98. The topological polar surface area (TPSA) is 69.5 Å². The number of carbonyl (C=O) groups is 1. The number of halogens is 2. The quantitative estimate of drug-likeness (QED) is 0.828. The SMILES string of the molecule is CCO[C@@H]1COC[C@H]1n1cc(C(=O)N2CCCC(F)(F)C2)nn1. The molecule has 0 unspecified atom stereocenters. The molecule has 1 amide bonds. The molecule has 1 aromatic heterocycles. The first-order valence-electron chi connectivity index (χ1n) is 7.78. The number of rotatable bonds is 4. The molecule has 7 nitrogen and oxygen atoms in total. The number of hydrogen-bond donors (Lipinski definition) is 0. The predicted octanol–water partition coefficient (Wildman–Crippen LogP) is 1.13. The van der Waals surface area contributed by atoms with Crippen LogP contribution >= 0.6 is 0 Å². The van der Waals surface area contributed by atoms with E-state index in [1.54, 1.807) is 0 Å². The first kappa shape index (κ1) is 16.3. The third-order valence-corrected chi connectivity index (χ3v) is 4.13. The Bertz CT molecular complexity index is 566. The van der Waals surface area contributed by atoms with Crippen molar-refractivity contribution in [3.8, 4) is 0 Å². The molecule has 2 atom stereocenters. The van der Waals surface area contributed by atoms with Gasteiger partial charge in [-0.25, -0.2) is 13.5 Å². The minimum absolute atomic E-state index is 0.0739. The summed E-state index contributed by atoms with van der Waals surface area (Å²) in [6, 6.07) is -0.160. The second-order valence-corrected chi connectivity index (χ2v) is 5.87. The molecule has 0 radical (unpaired) electrons. The summed E-state index contributed by atoms with van der Waals surface area (Å²) < 4.78 is 39.4. The van der Waals surface area contributed by atoms with Gasteiger partial charge in [0.2, 0.25) is 0 Å². The Balaban J connectivity index is 1.70. The van der Waals surface area contributed by atoms with Gasteiger partial charge in [0.05, 0.1) is 26.0 Å². The van der Waals surface area contributed by atoms with Gasteiger partial charge in [-0.1, -0.05) is 5.21 Å². The van der Waals surface area contributed by atoms with Crippen LogP contribution in [0.15, 0.2) is 6.20 Å². The van der Waals surface area contributed by atoms with Crippen molar-refractivity contribution < 1.29 is 23.0 Å². The molecule has 3 rings (SSSR count). The molecule has 23 heavy (non-hydrogen) atoms. The van der Waals surface area contributed by atoms with E-state index in [-0.39, 0.29) is 30.7 Å². The van der Waals surface area contributed by atoms with E-state index in [2.05, 4.69) is 10.3 Å². The summed E-state index contributed by atoms with van der Waals surface area (Å²) in [5.74, 6) is -3.34. The zero-order chi connectivity index (χ0) is 16.4. The highest BCUT2D eigenvalue weighted by molar-refractivity contribution is 5.92. The van der Waals surface area contributed by atoms with Crippen LogP contribution in [0.1, 0.15) is 36.3 Å². The fraction of sp³-hybridized carbons (Fsp3) is 0.786. The van der Waals surface area contributed by atoms with Gasteiger partial charge in [-0.05, 0) is 13.3 Å². The van der Waals surface area contributed by atoms with E-state index in [9.17, 15) is 13.6 Å². The number of carbonyl (C=O) groups excluding carboxylic acids is 1. The van der Waals surface area contributed by atoms with Gasteiger partial charge >= 0.3 is 0 Å². The van der Waals surface area contributed by atoms with Crippen LogP contribution in [0.4, 0.5) is 8.78 Å². The molecule has 3 heterocycles. The van der Waals surface area contributed by atoms with Gasteiger partial charge in [0.1, 0.15) is 12.1 Å². The Morgan fingerprint density at radius 2 is 2.35 bits per heavy atom. The second-order valence-electron chi connectivity index (χ2n) is 5.87. The van der Waals surface area contributed by atoms with Crippen molar-refractivity contribution in [2.75, 3.05) is 32.9 Å². The maximum atomic E-state index is 13.4. The third kappa shape index (κ3) is 3.50. The van der Waals surface area contributed by atoms with Crippen LogP contribution in [-0.4, -0.2) is 70.7 Å². The van der Waals surface area contributed by atoms with Crippen LogP contribution < -0.4 is 0 Å². The number of likely N-dealkylation sites (tertiary alicyclic amines) is 1. The maximum absolute atomic E-state index is 13.4. The van der Waals surface area contributed by atoms with Gasteiger partial charge < -0.3 is 14.4 Å². The first-order valence-corrected chi connectivity index (χ1v) is 7.78. The lowest BCUT2D eigenvalue weighted by atomic mass is 10.1. The largest absolute Gasteiger partial charge is 0.376 e. The molecule has 0 spiro atoms. The molecule has 2 saturated heterocycles. The van der Waals surface area contributed by atoms with E-state index in [0.717, 1.165) is 4.90 Å². The highest BCUT2D eigenvalue weighted by atomic mass is 19.3. The first-order chi connectivity index (χ1) is 11.0. The fourth-order valence-electron chi connectivity index (χ4n) is 2.98. The van der Waals surface area contributed by atoms with Crippen molar-refractivity contribution in [2.24, 2.45) is 0 Å². The van der Waals surface area contributed by atoms with Gasteiger partial charge in [-0.15, -0.1) is 5.10 Å². The third-order valence-electron chi connectivity index (χ3n) is 4.13. The zero-order valence-electron chi connectivity index (χ0n) is 13.0. The Morgan fingerprint density at radius 3 is 3.09 bits per heavy atom. The zero-order valence-corrected chi connectivity index (χ0v) is 13.0. The Kier molecular flexibility index (Phi) is 4.58. The summed E-state index contributed by atoms with van der Waals surface area (Å²) in [4.78, 5) is 13.5. The summed E-state index contributed by atoms with van der Waals surface area (Å²) in [6.45, 7) is 3.07. The van der Waals surface area contributed by atoms with E-state index in [1.807, 2.05) is 6.92 Å². The molecule has 128 valence electrons. The van der Waals surface area contributed by atoms with E-state index < -0.39 is 18.4 Å². The van der Waals surface area contributed by atoms with E-state index >= 15 is 0 Å². The van der Waals surface area contributed by atoms with Crippen molar-refractivity contribution in [2.45, 2.75) is 37.8 Å². The maximum Gasteiger partial charge on any atom is 0.276 e. The molecule has 2 aliphatic heterocycles. The number of ether oxygens (including phenoxy) is 2. The molecular formula is C14H20F2N4O3. The van der Waals surface area contributed by atoms with Crippen molar-refractivity contribution in [3.63, 3.8) is 0 Å². The number of nitrogens with zero attached hydrogens (tertiary/aromatic N) is 4. The molecular weight excluding hydrogens is 310 g/mol. The average Bonchev–Trinajstić information content (AvgIpc) is 3.14. The van der Waals surface area contributed by atoms with Crippen LogP contribution in [0.25, 0.3) is 0 Å². The number of alkyl halides is 2. The normalized spacial score (nSPS) is 27.3. The summed E-state index contributed by atoms with van der Waals surface area (Å²) in [7, 11) is 0. The minimum atomic E-state index is -2.83. The van der Waals surface area contributed by atoms with Crippen molar-refractivity contribution in [3.05, 3.63) is 11.9 Å². The number of hydrogen-bond acceptors (Lipinski definition) is 5. The highest BCUT2D eigenvalue weighted by Gasteiger charge is 2.38.